The van der Waals surface area contributed by atoms with Gasteiger partial charge in [0.05, 0.1) is 44.5 Å². The van der Waals surface area contributed by atoms with Crippen LogP contribution in [0.2, 0.25) is 0 Å². The van der Waals surface area contributed by atoms with Crippen molar-refractivity contribution in [2.24, 2.45) is 0 Å². The van der Waals surface area contributed by atoms with Crippen molar-refractivity contribution >= 4 is 66.6 Å². The van der Waals surface area contributed by atoms with Crippen molar-refractivity contribution in [1.29, 1.82) is 10.5 Å². The van der Waals surface area contributed by atoms with Crippen LogP contribution in [0.3, 0.4) is 0 Å². The number of thiophene rings is 1. The molecule has 11 heteroatoms. The summed E-state index contributed by atoms with van der Waals surface area (Å²) in [6, 6.07) is 36.7. The number of fused-ring (bicyclic) bond motifs is 6. The first-order valence-electron chi connectivity index (χ1n) is 15.6. The molecule has 0 aliphatic heterocycles. The minimum atomic E-state index is -0.103. The maximum Gasteiger partial charge on any atom is 0.294 e. The molecule has 0 amide bonds. The van der Waals surface area contributed by atoms with Gasteiger partial charge in [0.2, 0.25) is 5.69 Å². The molecule has 5 heterocycles. The second-order valence-corrected chi connectivity index (χ2v) is 12.5. The molecule has 4 aromatic carbocycles. The van der Waals surface area contributed by atoms with Crippen molar-refractivity contribution in [1.82, 2.24) is 29.1 Å². The molecule has 0 saturated heterocycles. The average Bonchev–Trinajstić information content (AvgIpc) is 3.84. The predicted molar refractivity (Wildman–Crippen MR) is 197 cm³/mol. The van der Waals surface area contributed by atoms with E-state index in [0.29, 0.717) is 21.1 Å². The van der Waals surface area contributed by atoms with Crippen LogP contribution in [0, 0.1) is 35.8 Å². The fourth-order valence-electron chi connectivity index (χ4n) is 6.80. The Bertz CT molecular complexity index is 2790. The fraction of sp³-hybridized carbons (Fsp3) is 0. The SMILES string of the molecule is [C-]#[N+]c1ncc(-c2sc(-c3cnc(C#N)c(C#N)n3)c(-n3c4ccccc4c4ccccc43)c2-n2c3ccccc3c3ccccc32)nc1[N+]#[C-]. The number of hydrogen-bond donors (Lipinski definition) is 0. The highest BCUT2D eigenvalue weighted by Crippen LogP contribution is 2.50. The van der Waals surface area contributed by atoms with Crippen LogP contribution in [-0.4, -0.2) is 29.1 Å². The molecule has 0 unspecified atom stereocenters. The number of nitriles is 2. The highest BCUT2D eigenvalue weighted by molar-refractivity contribution is 7.20. The topological polar surface area (TPSA) is 118 Å². The van der Waals surface area contributed by atoms with Crippen LogP contribution in [0.25, 0.3) is 85.8 Å². The largest absolute Gasteiger partial charge is 0.370 e. The van der Waals surface area contributed by atoms with Crippen molar-refractivity contribution < 1.29 is 0 Å². The third-order valence-corrected chi connectivity index (χ3v) is 10.1. The van der Waals surface area contributed by atoms with E-state index in [-0.39, 0.29) is 23.0 Å². The highest BCUT2D eigenvalue weighted by Gasteiger charge is 2.32. The lowest BCUT2D eigenvalue weighted by Gasteiger charge is -2.16. The van der Waals surface area contributed by atoms with Gasteiger partial charge in [-0.2, -0.15) is 10.5 Å². The molecule has 9 rings (SSSR count). The first-order valence-corrected chi connectivity index (χ1v) is 16.4. The zero-order valence-corrected chi connectivity index (χ0v) is 27.1. The van der Waals surface area contributed by atoms with Gasteiger partial charge in [-0.1, -0.05) is 85.9 Å². The van der Waals surface area contributed by atoms with E-state index in [9.17, 15) is 10.5 Å². The van der Waals surface area contributed by atoms with Crippen LogP contribution < -0.4 is 0 Å². The summed E-state index contributed by atoms with van der Waals surface area (Å²) in [5.74, 6) is -0.183. The molecule has 0 N–H and O–H groups in total. The number of aromatic nitrogens is 6. The van der Waals surface area contributed by atoms with Crippen LogP contribution in [0.15, 0.2) is 109 Å². The monoisotopic (exact) mass is 670 g/mol. The maximum absolute atomic E-state index is 10.0. The highest BCUT2D eigenvalue weighted by atomic mass is 32.1. The standard InChI is InChI=1S/C40H18N10S/c1-43-39-40(44-2)48-30(22-46-39)38-36(50-33-17-9-5-13-25(33)26-14-6-10-18-34(26)50)35(37(51-38)29-21-45-27(19-41)28(20-42)47-29)49-31-15-7-3-11-23(31)24-12-4-8-16-32(24)49/h3-18,21-22H. The third kappa shape index (κ3) is 4.31. The Balaban J connectivity index is 1.55. The molecule has 51 heavy (non-hydrogen) atoms. The van der Waals surface area contributed by atoms with Crippen molar-refractivity contribution in [3.8, 4) is 44.7 Å². The second kappa shape index (κ2) is 11.5. The van der Waals surface area contributed by atoms with Crippen LogP contribution in [0.1, 0.15) is 11.4 Å². The predicted octanol–water partition coefficient (Wildman–Crippen LogP) is 9.70. The molecular weight excluding hydrogens is 653 g/mol. The molecule has 9 aromatic rings. The van der Waals surface area contributed by atoms with Gasteiger partial charge in [0.25, 0.3) is 11.6 Å². The molecule has 0 atom stereocenters. The summed E-state index contributed by atoms with van der Waals surface area (Å²) in [5.41, 5.74) is 5.84. The van der Waals surface area contributed by atoms with Crippen LogP contribution in [0.4, 0.5) is 11.6 Å². The number of benzene rings is 4. The van der Waals surface area contributed by atoms with E-state index in [1.165, 1.54) is 23.7 Å². The summed E-state index contributed by atoms with van der Waals surface area (Å²) in [6.45, 7) is 15.4. The van der Waals surface area contributed by atoms with E-state index < -0.39 is 0 Å². The summed E-state index contributed by atoms with van der Waals surface area (Å²) in [5, 5.41) is 23.9. The molecule has 5 aromatic heterocycles. The normalized spacial score (nSPS) is 11.1. The Morgan fingerprint density at radius 2 is 0.941 bits per heavy atom. The summed E-state index contributed by atoms with van der Waals surface area (Å²) in [6.07, 6.45) is 3.04. The van der Waals surface area contributed by atoms with Gasteiger partial charge >= 0.3 is 0 Å². The zero-order chi connectivity index (χ0) is 34.6. The molecule has 0 bridgehead atoms. The summed E-state index contributed by atoms with van der Waals surface area (Å²) in [4.78, 5) is 26.4. The lowest BCUT2D eigenvalue weighted by molar-refractivity contribution is 1.10. The van der Waals surface area contributed by atoms with Gasteiger partial charge in [0.15, 0.2) is 17.6 Å². The first kappa shape index (κ1) is 29.4. The van der Waals surface area contributed by atoms with E-state index in [2.05, 4.69) is 77.3 Å². The van der Waals surface area contributed by atoms with E-state index in [1.54, 1.807) is 0 Å². The third-order valence-electron chi connectivity index (χ3n) is 8.86. The number of hydrogen-bond acceptors (Lipinski definition) is 7. The van der Waals surface area contributed by atoms with E-state index in [1.807, 2.05) is 60.7 Å². The van der Waals surface area contributed by atoms with Crippen LogP contribution >= 0.6 is 11.3 Å². The lowest BCUT2D eigenvalue weighted by Crippen LogP contribution is -2.04. The molecule has 0 fully saturated rings. The van der Waals surface area contributed by atoms with Gasteiger partial charge < -0.3 is 18.8 Å². The zero-order valence-electron chi connectivity index (χ0n) is 26.3. The minimum Gasteiger partial charge on any atom is -0.370 e. The van der Waals surface area contributed by atoms with Gasteiger partial charge in [-0.25, -0.2) is 9.97 Å². The van der Waals surface area contributed by atoms with Crippen molar-refractivity contribution in [2.45, 2.75) is 0 Å². The van der Waals surface area contributed by atoms with Gasteiger partial charge in [-0.05, 0) is 24.3 Å². The molecule has 0 aliphatic rings. The Morgan fingerprint density at radius 3 is 1.37 bits per heavy atom. The Hall–Kier alpha value is -7.70. The molecular formula is C40H18N10S. The Kier molecular flexibility index (Phi) is 6.62. The lowest BCUT2D eigenvalue weighted by atomic mass is 10.2. The van der Waals surface area contributed by atoms with E-state index in [4.69, 9.17) is 23.1 Å². The number of rotatable bonds is 4. The summed E-state index contributed by atoms with van der Waals surface area (Å²) in [7, 11) is 0. The quantitative estimate of drug-likeness (QED) is 0.172. The Labute approximate surface area is 293 Å². The van der Waals surface area contributed by atoms with Crippen LogP contribution in [0.5, 0.6) is 0 Å². The van der Waals surface area contributed by atoms with Gasteiger partial charge in [-0.15, -0.1) is 21.3 Å². The minimum absolute atomic E-state index is 0.0682. The molecule has 0 spiro atoms. The Morgan fingerprint density at radius 1 is 0.529 bits per heavy atom. The van der Waals surface area contributed by atoms with E-state index >= 15 is 0 Å². The number of para-hydroxylation sites is 4. The average molecular weight is 671 g/mol. The van der Waals surface area contributed by atoms with Gasteiger partial charge in [0, 0.05) is 21.5 Å². The first-order chi connectivity index (χ1) is 25.1. The fourth-order valence-corrected chi connectivity index (χ4v) is 7.98. The smallest absolute Gasteiger partial charge is 0.294 e. The molecule has 10 nitrogen and oxygen atoms in total. The van der Waals surface area contributed by atoms with Crippen molar-refractivity contribution in [2.75, 3.05) is 0 Å². The van der Waals surface area contributed by atoms with Gasteiger partial charge in [0.1, 0.15) is 22.7 Å². The van der Waals surface area contributed by atoms with Crippen molar-refractivity contribution in [3.63, 3.8) is 0 Å². The summed E-state index contributed by atoms with van der Waals surface area (Å²) < 4.78 is 4.39. The molecule has 0 aliphatic carbocycles. The maximum atomic E-state index is 10.0. The second-order valence-electron chi connectivity index (χ2n) is 11.5. The molecule has 234 valence electrons. The summed E-state index contributed by atoms with van der Waals surface area (Å²) >= 11 is 1.37. The van der Waals surface area contributed by atoms with E-state index in [0.717, 1.165) is 55.0 Å². The molecule has 0 radical (unpaired) electrons. The van der Waals surface area contributed by atoms with Gasteiger partial charge in [-0.3, -0.25) is 0 Å². The van der Waals surface area contributed by atoms with Crippen LogP contribution in [-0.2, 0) is 0 Å². The molecule has 0 saturated carbocycles. The van der Waals surface area contributed by atoms with Crippen molar-refractivity contribution in [3.05, 3.63) is 144 Å². The number of nitrogens with zero attached hydrogens (tertiary/aromatic N) is 10.